The average molecular weight is 276 g/mol. The van der Waals surface area contributed by atoms with Crippen LogP contribution in [0.25, 0.3) is 11.0 Å². The van der Waals surface area contributed by atoms with Gasteiger partial charge in [-0.15, -0.1) is 0 Å². The zero-order valence-corrected chi connectivity index (χ0v) is 10.7. The highest BCUT2D eigenvalue weighted by atomic mass is 35.5. The number of aryl methyl sites for hydroxylation is 1. The monoisotopic (exact) mass is 275 g/mol. The zero-order valence-electron chi connectivity index (χ0n) is 9.18. The van der Waals surface area contributed by atoms with Gasteiger partial charge in [-0.3, -0.25) is 0 Å². The molecule has 0 saturated carbocycles. The molecule has 92 valence electrons. The number of aromatic nitrogens is 3. The van der Waals surface area contributed by atoms with Gasteiger partial charge in [0.05, 0.1) is 12.0 Å². The number of sulfone groups is 1. The van der Waals surface area contributed by atoms with Crippen LogP contribution in [0.15, 0.2) is 11.4 Å². The number of rotatable bonds is 2. The first-order valence-electron chi connectivity index (χ1n) is 4.67. The summed E-state index contributed by atoms with van der Waals surface area (Å²) in [5, 5.41) is 9.34. The Kier molecular flexibility index (Phi) is 2.84. The molecule has 6 nitrogen and oxygen atoms in total. The minimum atomic E-state index is -3.51. The second-order valence-electron chi connectivity index (χ2n) is 3.69. The molecule has 0 amide bonds. The van der Waals surface area contributed by atoms with Crippen LogP contribution < -0.4 is 0 Å². The van der Waals surface area contributed by atoms with Crippen LogP contribution >= 0.6 is 11.6 Å². The van der Waals surface area contributed by atoms with Crippen molar-refractivity contribution in [2.45, 2.75) is 11.8 Å². The Morgan fingerprint density at radius 1 is 1.47 bits per heavy atom. The van der Waals surface area contributed by atoms with Crippen LogP contribution in [0.2, 0.25) is 5.15 Å². The molecule has 1 N–H and O–H groups in total. The lowest BCUT2D eigenvalue weighted by atomic mass is 10.2. The molecule has 2 aromatic rings. The molecule has 0 fully saturated rings. The molecule has 2 rings (SSSR count). The third kappa shape index (κ3) is 2.01. The van der Waals surface area contributed by atoms with Crippen molar-refractivity contribution < 1.29 is 13.5 Å². The van der Waals surface area contributed by atoms with Gasteiger partial charge in [0.25, 0.3) is 0 Å². The lowest BCUT2D eigenvalue weighted by molar-refractivity contribution is 0.283. The first-order chi connectivity index (χ1) is 7.84. The summed E-state index contributed by atoms with van der Waals surface area (Å²) in [5.74, 6) is 0. The predicted octanol–water partition coefficient (Wildman–Crippen LogP) is 0.518. The van der Waals surface area contributed by atoms with Gasteiger partial charge in [0, 0.05) is 25.1 Å². The Balaban J connectivity index is 2.88. The van der Waals surface area contributed by atoms with E-state index in [1.54, 1.807) is 17.8 Å². The third-order valence-corrected chi connectivity index (χ3v) is 3.45. The highest BCUT2D eigenvalue weighted by molar-refractivity contribution is 7.90. The van der Waals surface area contributed by atoms with Gasteiger partial charge >= 0.3 is 0 Å². The lowest BCUT2D eigenvalue weighted by Gasteiger charge is -2.01. The largest absolute Gasteiger partial charge is 0.392 e. The van der Waals surface area contributed by atoms with Crippen molar-refractivity contribution >= 4 is 32.5 Å². The number of hydrogen-bond donors (Lipinski definition) is 1. The fourth-order valence-corrected chi connectivity index (χ4v) is 2.43. The van der Waals surface area contributed by atoms with Crippen molar-refractivity contribution in [3.8, 4) is 0 Å². The summed E-state index contributed by atoms with van der Waals surface area (Å²) >= 11 is 5.93. The Labute approximate surface area is 103 Å². The molecule has 8 heteroatoms. The smallest absolute Gasteiger partial charge is 0.250 e. The maximum atomic E-state index is 11.4. The fraction of sp³-hybridized carbons (Fsp3) is 0.333. The highest BCUT2D eigenvalue weighted by Gasteiger charge is 2.18. The van der Waals surface area contributed by atoms with E-state index in [9.17, 15) is 8.42 Å². The first kappa shape index (κ1) is 12.3. The van der Waals surface area contributed by atoms with E-state index in [1.807, 2.05) is 0 Å². The number of nitrogens with zero attached hydrogens (tertiary/aromatic N) is 3. The topological polar surface area (TPSA) is 85.1 Å². The van der Waals surface area contributed by atoms with E-state index in [0.29, 0.717) is 16.6 Å². The molecule has 0 aliphatic rings. The van der Waals surface area contributed by atoms with Gasteiger partial charge in [0.1, 0.15) is 10.8 Å². The quantitative estimate of drug-likeness (QED) is 0.638. The highest BCUT2D eigenvalue weighted by Crippen LogP contribution is 2.26. The summed E-state index contributed by atoms with van der Waals surface area (Å²) < 4.78 is 24.3. The second-order valence-corrected chi connectivity index (χ2v) is 5.96. The Hall–Kier alpha value is -1.18. The minimum absolute atomic E-state index is 0.0278. The van der Waals surface area contributed by atoms with Gasteiger partial charge in [-0.1, -0.05) is 11.6 Å². The maximum Gasteiger partial charge on any atom is 0.250 e. The van der Waals surface area contributed by atoms with Gasteiger partial charge in [0.2, 0.25) is 15.0 Å². The average Bonchev–Trinajstić information content (AvgIpc) is 2.55. The van der Waals surface area contributed by atoms with Crippen LogP contribution in [0.1, 0.15) is 5.56 Å². The molecule has 2 heterocycles. The van der Waals surface area contributed by atoms with Gasteiger partial charge in [0.15, 0.2) is 0 Å². The van der Waals surface area contributed by atoms with Crippen LogP contribution in [-0.4, -0.2) is 34.3 Å². The van der Waals surface area contributed by atoms with Gasteiger partial charge in [-0.2, -0.15) is 4.98 Å². The molecule has 0 saturated heterocycles. The molecular weight excluding hydrogens is 266 g/mol. The zero-order chi connectivity index (χ0) is 12.8. The Morgan fingerprint density at radius 2 is 2.12 bits per heavy atom. The Morgan fingerprint density at radius 3 is 2.65 bits per heavy atom. The van der Waals surface area contributed by atoms with E-state index in [1.165, 1.54) is 0 Å². The van der Waals surface area contributed by atoms with Crippen molar-refractivity contribution in [3.05, 3.63) is 16.9 Å². The molecule has 2 aromatic heterocycles. The molecule has 0 aromatic carbocycles. The maximum absolute atomic E-state index is 11.4. The summed E-state index contributed by atoms with van der Waals surface area (Å²) in [6, 6.07) is 0. The number of aliphatic hydroxyl groups excluding tert-OH is 1. The standard InChI is InChI=1S/C9H10ClN3O3S/c1-13-3-5(4-14)6-7(10)11-9(12-8(6)13)17(2,15)16/h3,14H,4H2,1-2H3. The molecule has 0 radical (unpaired) electrons. The molecule has 0 unspecified atom stereocenters. The van der Waals surface area contributed by atoms with Crippen molar-refractivity contribution in [2.75, 3.05) is 6.26 Å². The summed E-state index contributed by atoms with van der Waals surface area (Å²) in [5.41, 5.74) is 0.946. The van der Waals surface area contributed by atoms with Crippen LogP contribution in [0.4, 0.5) is 0 Å². The van der Waals surface area contributed by atoms with E-state index in [2.05, 4.69) is 9.97 Å². The molecule has 0 bridgehead atoms. The van der Waals surface area contributed by atoms with Crippen molar-refractivity contribution in [1.82, 2.24) is 14.5 Å². The predicted molar refractivity (Wildman–Crippen MR) is 62.6 cm³/mol. The third-order valence-electron chi connectivity index (χ3n) is 2.33. The van der Waals surface area contributed by atoms with Crippen molar-refractivity contribution in [2.24, 2.45) is 7.05 Å². The van der Waals surface area contributed by atoms with Crippen LogP contribution in [0.5, 0.6) is 0 Å². The molecule has 0 aliphatic carbocycles. The SMILES string of the molecule is Cn1cc(CO)c2c(Cl)nc(S(C)(=O)=O)nc21. The van der Waals surface area contributed by atoms with E-state index in [4.69, 9.17) is 16.7 Å². The molecular formula is C9H10ClN3O3S. The summed E-state index contributed by atoms with van der Waals surface area (Å²) in [7, 11) is -1.82. The number of aliphatic hydroxyl groups is 1. The van der Waals surface area contributed by atoms with Crippen LogP contribution in [0.3, 0.4) is 0 Å². The van der Waals surface area contributed by atoms with E-state index in [-0.39, 0.29) is 16.9 Å². The van der Waals surface area contributed by atoms with Crippen LogP contribution in [-0.2, 0) is 23.5 Å². The number of fused-ring (bicyclic) bond motifs is 1. The minimum Gasteiger partial charge on any atom is -0.392 e. The van der Waals surface area contributed by atoms with Gasteiger partial charge in [-0.25, -0.2) is 13.4 Å². The van der Waals surface area contributed by atoms with Gasteiger partial charge in [-0.05, 0) is 0 Å². The normalized spacial score (nSPS) is 12.2. The first-order valence-corrected chi connectivity index (χ1v) is 6.94. The summed E-state index contributed by atoms with van der Waals surface area (Å²) in [6.45, 7) is -0.210. The number of halogens is 1. The van der Waals surface area contributed by atoms with E-state index in [0.717, 1.165) is 6.26 Å². The Bertz CT molecular complexity index is 693. The molecule has 0 aliphatic heterocycles. The molecule has 0 atom stereocenters. The van der Waals surface area contributed by atoms with Gasteiger partial charge < -0.3 is 9.67 Å². The van der Waals surface area contributed by atoms with Crippen molar-refractivity contribution in [1.29, 1.82) is 0 Å². The molecule has 17 heavy (non-hydrogen) atoms. The molecule has 0 spiro atoms. The van der Waals surface area contributed by atoms with Crippen molar-refractivity contribution in [3.63, 3.8) is 0 Å². The second kappa shape index (κ2) is 3.94. The van der Waals surface area contributed by atoms with E-state index >= 15 is 0 Å². The number of hydrogen-bond acceptors (Lipinski definition) is 5. The van der Waals surface area contributed by atoms with E-state index < -0.39 is 9.84 Å². The summed E-state index contributed by atoms with van der Waals surface area (Å²) in [6.07, 6.45) is 2.65. The van der Waals surface area contributed by atoms with Crippen LogP contribution in [0, 0.1) is 0 Å². The summed E-state index contributed by atoms with van der Waals surface area (Å²) in [4.78, 5) is 7.68. The fourth-order valence-electron chi connectivity index (χ4n) is 1.58. The lowest BCUT2D eigenvalue weighted by Crippen LogP contribution is -2.05.